The Morgan fingerprint density at radius 1 is 1.36 bits per heavy atom. The van der Waals surface area contributed by atoms with E-state index in [1.165, 1.54) is 19.3 Å². The predicted molar refractivity (Wildman–Crippen MR) is 57.2 cm³/mol. The van der Waals surface area contributed by atoms with Crippen LogP contribution < -0.4 is 0 Å². The maximum atomic E-state index is 11.7. The lowest BCUT2D eigenvalue weighted by Crippen LogP contribution is -2.51. The van der Waals surface area contributed by atoms with Crippen LogP contribution in [0.5, 0.6) is 0 Å². The smallest absolute Gasteiger partial charge is 0.136 e. The Labute approximate surface area is 86.7 Å². The van der Waals surface area contributed by atoms with Gasteiger partial charge in [0.15, 0.2) is 0 Å². The highest BCUT2D eigenvalue weighted by molar-refractivity contribution is 5.82. The highest BCUT2D eigenvalue weighted by atomic mass is 16.1. The fraction of sp³-hybridized carbons (Fsp3) is 0.917. The van der Waals surface area contributed by atoms with Crippen molar-refractivity contribution in [3.8, 4) is 0 Å². The zero-order valence-electron chi connectivity index (χ0n) is 9.33. The van der Waals surface area contributed by atoms with Gasteiger partial charge >= 0.3 is 0 Å². The Balaban J connectivity index is 1.65. The van der Waals surface area contributed by atoms with Crippen molar-refractivity contribution in [2.75, 3.05) is 13.1 Å². The first kappa shape index (κ1) is 10.2. The fourth-order valence-electron chi connectivity index (χ4n) is 2.34. The topological polar surface area (TPSA) is 20.3 Å². The number of hydrogen-bond acceptors (Lipinski definition) is 2. The lowest BCUT2D eigenvalue weighted by Gasteiger charge is -2.42. The minimum atomic E-state index is 0.447. The lowest BCUT2D eigenvalue weighted by molar-refractivity contribution is -0.127. The Morgan fingerprint density at radius 2 is 2.00 bits per heavy atom. The van der Waals surface area contributed by atoms with Gasteiger partial charge in [-0.3, -0.25) is 4.79 Å². The first-order valence-electron chi connectivity index (χ1n) is 5.93. The van der Waals surface area contributed by atoms with E-state index in [1.54, 1.807) is 0 Å². The van der Waals surface area contributed by atoms with Crippen molar-refractivity contribution < 1.29 is 4.79 Å². The van der Waals surface area contributed by atoms with E-state index in [9.17, 15) is 4.79 Å². The summed E-state index contributed by atoms with van der Waals surface area (Å²) in [6, 6.07) is 0.657. The van der Waals surface area contributed by atoms with Crippen LogP contribution in [-0.4, -0.2) is 29.8 Å². The molecule has 0 N–H and O–H groups in total. The first-order chi connectivity index (χ1) is 6.66. The molecular weight excluding hydrogens is 174 g/mol. The molecule has 2 rings (SSSR count). The minimum Gasteiger partial charge on any atom is -0.300 e. The van der Waals surface area contributed by atoms with E-state index >= 15 is 0 Å². The lowest BCUT2D eigenvalue weighted by atomic mass is 9.78. The van der Waals surface area contributed by atoms with E-state index in [0.29, 0.717) is 23.7 Å². The van der Waals surface area contributed by atoms with Crippen LogP contribution in [0.1, 0.15) is 39.5 Å². The third-order valence-electron chi connectivity index (χ3n) is 3.77. The number of Topliss-reactive ketones (excluding diaryl/α,β-unsaturated/α-hetero) is 1. The normalized spacial score (nSPS) is 24.8. The molecule has 0 unspecified atom stereocenters. The van der Waals surface area contributed by atoms with E-state index in [4.69, 9.17) is 0 Å². The number of hydrogen-bond donors (Lipinski definition) is 0. The second-order valence-electron chi connectivity index (χ2n) is 5.21. The van der Waals surface area contributed by atoms with Crippen molar-refractivity contribution >= 4 is 5.78 Å². The fourth-order valence-corrected chi connectivity index (χ4v) is 2.34. The van der Waals surface area contributed by atoms with Crippen LogP contribution in [-0.2, 0) is 4.79 Å². The summed E-state index contributed by atoms with van der Waals surface area (Å²) in [7, 11) is 0. The number of carbonyl (C=O) groups excluding carboxylic acids is 1. The van der Waals surface area contributed by atoms with E-state index in [-0.39, 0.29) is 0 Å². The van der Waals surface area contributed by atoms with Gasteiger partial charge in [-0.15, -0.1) is 0 Å². The number of ketones is 1. The monoisotopic (exact) mass is 195 g/mol. The summed E-state index contributed by atoms with van der Waals surface area (Å²) < 4.78 is 0. The summed E-state index contributed by atoms with van der Waals surface area (Å²) in [5, 5.41) is 0. The van der Waals surface area contributed by atoms with Crippen LogP contribution in [0.3, 0.4) is 0 Å². The third kappa shape index (κ3) is 2.00. The second kappa shape index (κ2) is 4.01. The molecule has 0 radical (unpaired) electrons. The SMILES string of the molecule is CC(C)N1CC(CC(=O)C2CCC2)C1. The number of rotatable bonds is 4. The molecule has 0 aromatic carbocycles. The van der Waals surface area contributed by atoms with Gasteiger partial charge in [0.1, 0.15) is 5.78 Å². The molecule has 2 fully saturated rings. The van der Waals surface area contributed by atoms with Gasteiger partial charge in [0, 0.05) is 31.5 Å². The summed E-state index contributed by atoms with van der Waals surface area (Å²) in [5.41, 5.74) is 0. The molecule has 0 amide bonds. The van der Waals surface area contributed by atoms with E-state index in [2.05, 4.69) is 18.7 Å². The van der Waals surface area contributed by atoms with Gasteiger partial charge < -0.3 is 4.90 Å². The molecule has 1 saturated heterocycles. The van der Waals surface area contributed by atoms with Crippen molar-refractivity contribution in [1.82, 2.24) is 4.90 Å². The molecule has 1 aliphatic heterocycles. The van der Waals surface area contributed by atoms with Gasteiger partial charge in [0.25, 0.3) is 0 Å². The summed E-state index contributed by atoms with van der Waals surface area (Å²) in [6.45, 7) is 6.75. The summed E-state index contributed by atoms with van der Waals surface area (Å²) in [6.07, 6.45) is 4.46. The molecule has 0 aromatic heterocycles. The molecule has 0 bridgehead atoms. The van der Waals surface area contributed by atoms with Crippen LogP contribution in [0, 0.1) is 11.8 Å². The van der Waals surface area contributed by atoms with Crippen molar-refractivity contribution in [2.24, 2.45) is 11.8 Å². The van der Waals surface area contributed by atoms with Crippen LogP contribution >= 0.6 is 0 Å². The second-order valence-corrected chi connectivity index (χ2v) is 5.21. The van der Waals surface area contributed by atoms with Gasteiger partial charge in [0.2, 0.25) is 0 Å². The quantitative estimate of drug-likeness (QED) is 0.684. The highest BCUT2D eigenvalue weighted by Gasteiger charge is 2.33. The molecule has 2 heteroatoms. The molecule has 1 aliphatic carbocycles. The van der Waals surface area contributed by atoms with Crippen molar-refractivity contribution in [3.63, 3.8) is 0 Å². The number of likely N-dealkylation sites (tertiary alicyclic amines) is 1. The first-order valence-corrected chi connectivity index (χ1v) is 5.93. The molecule has 80 valence electrons. The average molecular weight is 195 g/mol. The molecule has 0 atom stereocenters. The maximum absolute atomic E-state index is 11.7. The summed E-state index contributed by atoms with van der Waals surface area (Å²) in [4.78, 5) is 14.1. The Bertz CT molecular complexity index is 214. The molecule has 0 spiro atoms. The number of carbonyl (C=O) groups is 1. The summed E-state index contributed by atoms with van der Waals surface area (Å²) >= 11 is 0. The summed E-state index contributed by atoms with van der Waals surface area (Å²) in [5.74, 6) is 1.67. The van der Waals surface area contributed by atoms with Crippen LogP contribution in [0.15, 0.2) is 0 Å². The van der Waals surface area contributed by atoms with Crippen molar-refractivity contribution in [3.05, 3.63) is 0 Å². The molecule has 14 heavy (non-hydrogen) atoms. The van der Waals surface area contributed by atoms with Gasteiger partial charge in [-0.05, 0) is 32.6 Å². The predicted octanol–water partition coefficient (Wildman–Crippen LogP) is 2.09. The average Bonchev–Trinajstić information content (AvgIpc) is 1.91. The Morgan fingerprint density at radius 3 is 2.43 bits per heavy atom. The van der Waals surface area contributed by atoms with Crippen molar-refractivity contribution in [1.29, 1.82) is 0 Å². The Kier molecular flexibility index (Phi) is 2.91. The molecule has 1 heterocycles. The van der Waals surface area contributed by atoms with E-state index in [0.717, 1.165) is 19.5 Å². The van der Waals surface area contributed by atoms with Gasteiger partial charge in [-0.25, -0.2) is 0 Å². The molecular formula is C12H21NO. The molecule has 2 aliphatic rings. The number of nitrogens with zero attached hydrogens (tertiary/aromatic N) is 1. The highest BCUT2D eigenvalue weighted by Crippen LogP contribution is 2.31. The van der Waals surface area contributed by atoms with E-state index < -0.39 is 0 Å². The molecule has 2 nitrogen and oxygen atoms in total. The maximum Gasteiger partial charge on any atom is 0.136 e. The zero-order chi connectivity index (χ0) is 10.1. The van der Waals surface area contributed by atoms with Gasteiger partial charge in [-0.1, -0.05) is 6.42 Å². The largest absolute Gasteiger partial charge is 0.300 e. The standard InChI is InChI=1S/C12H21NO/c1-9(2)13-7-10(8-13)6-12(14)11-4-3-5-11/h9-11H,3-8H2,1-2H3. The van der Waals surface area contributed by atoms with Crippen LogP contribution in [0.25, 0.3) is 0 Å². The molecule has 0 aromatic rings. The van der Waals surface area contributed by atoms with Crippen LogP contribution in [0.2, 0.25) is 0 Å². The van der Waals surface area contributed by atoms with Gasteiger partial charge in [-0.2, -0.15) is 0 Å². The third-order valence-corrected chi connectivity index (χ3v) is 3.77. The minimum absolute atomic E-state index is 0.447. The molecule has 1 saturated carbocycles. The Hall–Kier alpha value is -0.370. The van der Waals surface area contributed by atoms with Crippen molar-refractivity contribution in [2.45, 2.75) is 45.6 Å². The van der Waals surface area contributed by atoms with Gasteiger partial charge in [0.05, 0.1) is 0 Å². The zero-order valence-corrected chi connectivity index (χ0v) is 9.33. The van der Waals surface area contributed by atoms with E-state index in [1.807, 2.05) is 0 Å². The van der Waals surface area contributed by atoms with Crippen LogP contribution in [0.4, 0.5) is 0 Å².